The van der Waals surface area contributed by atoms with Crippen molar-refractivity contribution in [3.8, 4) is 0 Å². The molecular formula is C11H21NO2. The second-order valence-electron chi connectivity index (χ2n) is 3.49. The Kier molecular flexibility index (Phi) is 7.11. The van der Waals surface area contributed by atoms with Crippen LogP contribution >= 0.6 is 0 Å². The van der Waals surface area contributed by atoms with Crippen LogP contribution in [-0.4, -0.2) is 37.6 Å². The van der Waals surface area contributed by atoms with E-state index in [-0.39, 0.29) is 5.97 Å². The zero-order chi connectivity index (χ0) is 11.0. The van der Waals surface area contributed by atoms with Crippen LogP contribution in [0.1, 0.15) is 26.7 Å². The topological polar surface area (TPSA) is 29.5 Å². The fourth-order valence-electron chi connectivity index (χ4n) is 0.998. The predicted octanol–water partition coefficient (Wildman–Crippen LogP) is 1.84. The molecular weight excluding hydrogens is 178 g/mol. The maximum absolute atomic E-state index is 11.0. The van der Waals surface area contributed by atoms with Crippen molar-refractivity contribution < 1.29 is 9.53 Å². The van der Waals surface area contributed by atoms with Gasteiger partial charge in [-0.05, 0) is 25.6 Å². The van der Waals surface area contributed by atoms with Gasteiger partial charge in [0.1, 0.15) is 6.61 Å². The molecule has 0 aromatic carbocycles. The van der Waals surface area contributed by atoms with E-state index in [9.17, 15) is 4.79 Å². The summed E-state index contributed by atoms with van der Waals surface area (Å²) >= 11 is 0. The van der Waals surface area contributed by atoms with E-state index in [4.69, 9.17) is 4.74 Å². The highest BCUT2D eigenvalue weighted by molar-refractivity contribution is 5.69. The van der Waals surface area contributed by atoms with Crippen molar-refractivity contribution in [1.29, 1.82) is 0 Å². The molecule has 0 aliphatic rings. The third kappa shape index (κ3) is 6.66. The van der Waals surface area contributed by atoms with E-state index in [0.717, 1.165) is 25.1 Å². The number of hydrogen-bond donors (Lipinski definition) is 0. The summed E-state index contributed by atoms with van der Waals surface area (Å²) in [5.41, 5.74) is 0.943. The Morgan fingerprint density at radius 3 is 2.57 bits per heavy atom. The first-order valence-corrected chi connectivity index (χ1v) is 5.11. The van der Waals surface area contributed by atoms with Crippen LogP contribution in [0.15, 0.2) is 12.2 Å². The van der Waals surface area contributed by atoms with Crippen LogP contribution in [0.5, 0.6) is 0 Å². The summed E-state index contributed by atoms with van der Waals surface area (Å²) in [4.78, 5) is 13.1. The number of carbonyl (C=O) groups excluding carboxylic acids is 1. The Morgan fingerprint density at radius 2 is 2.07 bits per heavy atom. The van der Waals surface area contributed by atoms with E-state index >= 15 is 0 Å². The van der Waals surface area contributed by atoms with Crippen LogP contribution in [0.3, 0.4) is 0 Å². The van der Waals surface area contributed by atoms with E-state index in [2.05, 4.69) is 18.4 Å². The lowest BCUT2D eigenvalue weighted by Gasteiger charge is -2.15. The molecule has 0 aliphatic carbocycles. The highest BCUT2D eigenvalue weighted by Crippen LogP contribution is 1.98. The molecule has 0 bridgehead atoms. The molecule has 0 saturated heterocycles. The van der Waals surface area contributed by atoms with Gasteiger partial charge in [-0.2, -0.15) is 0 Å². The van der Waals surface area contributed by atoms with Crippen molar-refractivity contribution in [3.05, 3.63) is 12.2 Å². The van der Waals surface area contributed by atoms with Gasteiger partial charge in [0, 0.05) is 13.0 Å². The summed E-state index contributed by atoms with van der Waals surface area (Å²) in [6.07, 6.45) is 1.33. The standard InChI is InChI=1S/C11H21NO2/c1-5-7-11(13)14-9-10(3)8-12(4)6-2/h3,5-9H2,1-2,4H3. The summed E-state index contributed by atoms with van der Waals surface area (Å²) in [6, 6.07) is 0. The summed E-state index contributed by atoms with van der Waals surface area (Å²) in [7, 11) is 2.01. The molecule has 3 nitrogen and oxygen atoms in total. The van der Waals surface area contributed by atoms with Crippen LogP contribution in [0.2, 0.25) is 0 Å². The van der Waals surface area contributed by atoms with Crippen molar-refractivity contribution >= 4 is 5.97 Å². The lowest BCUT2D eigenvalue weighted by Crippen LogP contribution is -2.22. The molecule has 82 valence electrons. The maximum Gasteiger partial charge on any atom is 0.306 e. The molecule has 14 heavy (non-hydrogen) atoms. The first-order chi connectivity index (χ1) is 6.60. The van der Waals surface area contributed by atoms with Gasteiger partial charge in [0.05, 0.1) is 0 Å². The molecule has 0 aromatic heterocycles. The summed E-state index contributed by atoms with van der Waals surface area (Å²) in [6.45, 7) is 10.0. The number of hydrogen-bond acceptors (Lipinski definition) is 3. The highest BCUT2D eigenvalue weighted by Gasteiger charge is 2.03. The largest absolute Gasteiger partial charge is 0.461 e. The number of carbonyl (C=O) groups is 1. The van der Waals surface area contributed by atoms with Gasteiger partial charge in [-0.3, -0.25) is 4.79 Å². The van der Waals surface area contributed by atoms with Crippen molar-refractivity contribution in [1.82, 2.24) is 4.90 Å². The molecule has 0 atom stereocenters. The van der Waals surface area contributed by atoms with Gasteiger partial charge >= 0.3 is 5.97 Å². The van der Waals surface area contributed by atoms with E-state index in [0.29, 0.717) is 13.0 Å². The average molecular weight is 199 g/mol. The molecule has 0 spiro atoms. The minimum absolute atomic E-state index is 0.132. The zero-order valence-electron chi connectivity index (χ0n) is 9.51. The molecule has 0 aromatic rings. The van der Waals surface area contributed by atoms with Crippen LogP contribution in [0.25, 0.3) is 0 Å². The Balaban J connectivity index is 3.58. The lowest BCUT2D eigenvalue weighted by atomic mass is 10.3. The fourth-order valence-corrected chi connectivity index (χ4v) is 0.998. The molecule has 0 saturated carbocycles. The average Bonchev–Trinajstić information content (AvgIpc) is 2.15. The highest BCUT2D eigenvalue weighted by atomic mass is 16.5. The van der Waals surface area contributed by atoms with E-state index in [1.165, 1.54) is 0 Å². The molecule has 0 unspecified atom stereocenters. The lowest BCUT2D eigenvalue weighted by molar-refractivity contribution is -0.142. The SMILES string of the molecule is C=C(COC(=O)CCC)CN(C)CC. The third-order valence-electron chi connectivity index (χ3n) is 1.92. The van der Waals surface area contributed by atoms with Gasteiger partial charge in [0.2, 0.25) is 0 Å². The third-order valence-corrected chi connectivity index (χ3v) is 1.92. The molecule has 0 radical (unpaired) electrons. The van der Waals surface area contributed by atoms with Crippen molar-refractivity contribution in [2.45, 2.75) is 26.7 Å². The zero-order valence-corrected chi connectivity index (χ0v) is 9.51. The second kappa shape index (κ2) is 7.56. The van der Waals surface area contributed by atoms with Crippen molar-refractivity contribution in [3.63, 3.8) is 0 Å². The normalized spacial score (nSPS) is 10.3. The van der Waals surface area contributed by atoms with E-state index in [1.807, 2.05) is 14.0 Å². The first kappa shape index (κ1) is 13.2. The number of likely N-dealkylation sites (N-methyl/N-ethyl adjacent to an activating group) is 1. The number of ether oxygens (including phenoxy) is 1. The fraction of sp³-hybridized carbons (Fsp3) is 0.727. The molecule has 0 rings (SSSR count). The predicted molar refractivity (Wildman–Crippen MR) is 58.2 cm³/mol. The monoisotopic (exact) mass is 199 g/mol. The first-order valence-electron chi connectivity index (χ1n) is 5.11. The molecule has 0 fully saturated rings. The molecule has 0 aliphatic heterocycles. The van der Waals surface area contributed by atoms with E-state index < -0.39 is 0 Å². The summed E-state index contributed by atoms with van der Waals surface area (Å²) in [5, 5.41) is 0. The van der Waals surface area contributed by atoms with Crippen LogP contribution < -0.4 is 0 Å². The van der Waals surface area contributed by atoms with E-state index in [1.54, 1.807) is 0 Å². The summed E-state index contributed by atoms with van der Waals surface area (Å²) < 4.78 is 5.02. The van der Waals surface area contributed by atoms with Crippen molar-refractivity contribution in [2.24, 2.45) is 0 Å². The number of nitrogens with zero attached hydrogens (tertiary/aromatic N) is 1. The Morgan fingerprint density at radius 1 is 1.43 bits per heavy atom. The quantitative estimate of drug-likeness (QED) is 0.463. The van der Waals surface area contributed by atoms with Gasteiger partial charge in [0.15, 0.2) is 0 Å². The molecule has 3 heteroatoms. The smallest absolute Gasteiger partial charge is 0.306 e. The Bertz CT molecular complexity index is 190. The molecule has 0 N–H and O–H groups in total. The Labute approximate surface area is 86.7 Å². The molecule has 0 heterocycles. The minimum Gasteiger partial charge on any atom is -0.461 e. The number of esters is 1. The summed E-state index contributed by atoms with van der Waals surface area (Å²) in [5.74, 6) is -0.132. The van der Waals surface area contributed by atoms with Gasteiger partial charge in [0.25, 0.3) is 0 Å². The molecule has 0 amide bonds. The minimum atomic E-state index is -0.132. The Hall–Kier alpha value is -0.830. The van der Waals surface area contributed by atoms with Gasteiger partial charge in [-0.1, -0.05) is 20.4 Å². The van der Waals surface area contributed by atoms with Gasteiger partial charge in [-0.15, -0.1) is 0 Å². The maximum atomic E-state index is 11.0. The van der Waals surface area contributed by atoms with Gasteiger partial charge in [-0.25, -0.2) is 0 Å². The van der Waals surface area contributed by atoms with Crippen LogP contribution in [0, 0.1) is 0 Å². The van der Waals surface area contributed by atoms with Crippen LogP contribution in [0.4, 0.5) is 0 Å². The van der Waals surface area contributed by atoms with Crippen LogP contribution in [-0.2, 0) is 9.53 Å². The van der Waals surface area contributed by atoms with Crippen molar-refractivity contribution in [2.75, 3.05) is 26.7 Å². The number of rotatable bonds is 7. The second-order valence-corrected chi connectivity index (χ2v) is 3.49. The van der Waals surface area contributed by atoms with Gasteiger partial charge < -0.3 is 9.64 Å².